The number of thiazole rings is 1. The van der Waals surface area contributed by atoms with Crippen LogP contribution in [0.1, 0.15) is 76.1 Å². The first-order valence-electron chi connectivity index (χ1n) is 7.73. The van der Waals surface area contributed by atoms with E-state index in [4.69, 9.17) is 0 Å². The summed E-state index contributed by atoms with van der Waals surface area (Å²) in [6, 6.07) is 0. The number of hydrogen-bond donors (Lipinski definition) is 0. The molecule has 0 amide bonds. The maximum atomic E-state index is 11.7. The van der Waals surface area contributed by atoms with Crippen molar-refractivity contribution < 1.29 is 4.79 Å². The molecule has 0 radical (unpaired) electrons. The van der Waals surface area contributed by atoms with Gasteiger partial charge in [-0.2, -0.15) is 0 Å². The van der Waals surface area contributed by atoms with Crippen molar-refractivity contribution in [1.82, 2.24) is 4.98 Å². The molecule has 1 heterocycles. The lowest BCUT2D eigenvalue weighted by molar-refractivity contribution is -0.118. The molecule has 0 aromatic carbocycles. The Balaban J connectivity index is 1.86. The van der Waals surface area contributed by atoms with E-state index in [1.54, 1.807) is 17.5 Å². The zero-order chi connectivity index (χ0) is 13.8. The van der Waals surface area contributed by atoms with Gasteiger partial charge in [0, 0.05) is 18.0 Å². The quantitative estimate of drug-likeness (QED) is 0.494. The van der Waals surface area contributed by atoms with E-state index in [1.807, 2.05) is 5.38 Å². The van der Waals surface area contributed by atoms with Crippen molar-refractivity contribution in [3.05, 3.63) is 16.6 Å². The molecule has 0 saturated carbocycles. The Morgan fingerprint density at radius 1 is 1.05 bits per heavy atom. The summed E-state index contributed by atoms with van der Waals surface area (Å²) >= 11 is 1.58. The Bertz CT molecular complexity index is 321. The Kier molecular flexibility index (Phi) is 9.60. The molecule has 0 atom stereocenters. The van der Waals surface area contributed by atoms with Gasteiger partial charge in [0.05, 0.1) is 11.4 Å². The molecule has 1 aromatic rings. The van der Waals surface area contributed by atoms with Gasteiger partial charge in [-0.1, -0.05) is 58.3 Å². The van der Waals surface area contributed by atoms with Crippen LogP contribution in [0.3, 0.4) is 0 Å². The second kappa shape index (κ2) is 11.2. The van der Waals surface area contributed by atoms with E-state index in [2.05, 4.69) is 11.9 Å². The molecule has 0 aliphatic carbocycles. The Morgan fingerprint density at radius 3 is 2.26 bits per heavy atom. The van der Waals surface area contributed by atoms with Crippen LogP contribution in [0.15, 0.2) is 11.6 Å². The highest BCUT2D eigenvalue weighted by molar-refractivity contribution is 7.09. The van der Waals surface area contributed by atoms with Crippen LogP contribution >= 0.6 is 11.3 Å². The van der Waals surface area contributed by atoms with E-state index in [-0.39, 0.29) is 0 Å². The second-order valence-electron chi connectivity index (χ2n) is 5.22. The van der Waals surface area contributed by atoms with Gasteiger partial charge < -0.3 is 0 Å². The van der Waals surface area contributed by atoms with Crippen molar-refractivity contribution in [1.29, 1.82) is 0 Å². The van der Waals surface area contributed by atoms with Crippen LogP contribution in [0.5, 0.6) is 0 Å². The van der Waals surface area contributed by atoms with Crippen LogP contribution in [0.4, 0.5) is 0 Å². The number of rotatable bonds is 12. The van der Waals surface area contributed by atoms with Crippen molar-refractivity contribution in [2.75, 3.05) is 0 Å². The average molecular weight is 281 g/mol. The van der Waals surface area contributed by atoms with E-state index < -0.39 is 0 Å². The third-order valence-electron chi connectivity index (χ3n) is 3.39. The van der Waals surface area contributed by atoms with E-state index in [9.17, 15) is 4.79 Å². The average Bonchev–Trinajstić information content (AvgIpc) is 2.89. The van der Waals surface area contributed by atoms with E-state index >= 15 is 0 Å². The van der Waals surface area contributed by atoms with Gasteiger partial charge in [0.2, 0.25) is 0 Å². The molecule has 0 N–H and O–H groups in total. The highest BCUT2D eigenvalue weighted by atomic mass is 32.1. The number of carbonyl (C=O) groups excluding carboxylic acids is 1. The molecule has 0 bridgehead atoms. The van der Waals surface area contributed by atoms with Crippen molar-refractivity contribution in [2.24, 2.45) is 0 Å². The lowest BCUT2D eigenvalue weighted by atomic mass is 10.0. The van der Waals surface area contributed by atoms with Gasteiger partial charge >= 0.3 is 0 Å². The minimum absolute atomic E-state index is 0.345. The molecule has 1 aromatic heterocycles. The second-order valence-corrected chi connectivity index (χ2v) is 6.20. The highest BCUT2D eigenvalue weighted by Crippen LogP contribution is 2.12. The number of nitrogens with zero attached hydrogens (tertiary/aromatic N) is 1. The monoisotopic (exact) mass is 281 g/mol. The van der Waals surface area contributed by atoms with Gasteiger partial charge in [0.25, 0.3) is 0 Å². The third kappa shape index (κ3) is 8.93. The number of ketones is 1. The molecule has 19 heavy (non-hydrogen) atoms. The van der Waals surface area contributed by atoms with Crippen LogP contribution in [0, 0.1) is 0 Å². The number of carbonyl (C=O) groups is 1. The number of Topliss-reactive ketones (excluding diaryl/α,β-unsaturated/α-hetero) is 1. The minimum Gasteiger partial charge on any atom is -0.299 e. The lowest BCUT2D eigenvalue weighted by Gasteiger charge is -2.01. The third-order valence-corrected chi connectivity index (χ3v) is 4.17. The van der Waals surface area contributed by atoms with E-state index in [1.165, 1.54) is 51.4 Å². The maximum Gasteiger partial charge on any atom is 0.139 e. The normalized spacial score (nSPS) is 10.8. The summed E-state index contributed by atoms with van der Waals surface area (Å²) in [5.41, 5.74) is 0. The van der Waals surface area contributed by atoms with Gasteiger partial charge in [-0.05, 0) is 6.42 Å². The van der Waals surface area contributed by atoms with Gasteiger partial charge in [-0.15, -0.1) is 11.3 Å². The van der Waals surface area contributed by atoms with E-state index in [0.717, 1.165) is 17.8 Å². The molecule has 0 fully saturated rings. The number of hydrogen-bond acceptors (Lipinski definition) is 3. The summed E-state index contributed by atoms with van der Waals surface area (Å²) in [6.45, 7) is 2.25. The van der Waals surface area contributed by atoms with Crippen LogP contribution in [-0.2, 0) is 11.2 Å². The van der Waals surface area contributed by atoms with Gasteiger partial charge in [-0.25, -0.2) is 4.98 Å². The SMILES string of the molecule is CCCCCCCCCCCC(=O)Cc1nccs1. The molecule has 1 rings (SSSR count). The zero-order valence-corrected chi connectivity index (χ0v) is 13.0. The Morgan fingerprint density at radius 2 is 1.68 bits per heavy atom. The number of unbranched alkanes of at least 4 members (excludes halogenated alkanes) is 8. The Labute approximate surface area is 121 Å². The molecule has 0 aliphatic rings. The van der Waals surface area contributed by atoms with Crippen molar-refractivity contribution in [3.63, 3.8) is 0 Å². The molecule has 0 saturated heterocycles. The first-order chi connectivity index (χ1) is 9.33. The number of aromatic nitrogens is 1. The van der Waals surface area contributed by atoms with Crippen LogP contribution in [0.2, 0.25) is 0 Å². The van der Waals surface area contributed by atoms with Crippen LogP contribution in [0.25, 0.3) is 0 Å². The predicted octanol–water partition coefficient (Wildman–Crippen LogP) is 5.18. The smallest absolute Gasteiger partial charge is 0.139 e. The molecule has 3 heteroatoms. The van der Waals surface area contributed by atoms with Crippen molar-refractivity contribution >= 4 is 17.1 Å². The molecule has 0 unspecified atom stereocenters. The minimum atomic E-state index is 0.345. The maximum absolute atomic E-state index is 11.7. The van der Waals surface area contributed by atoms with Crippen molar-refractivity contribution in [2.45, 2.75) is 77.6 Å². The fourth-order valence-corrected chi connectivity index (χ4v) is 2.87. The summed E-state index contributed by atoms with van der Waals surface area (Å²) < 4.78 is 0. The molecule has 0 spiro atoms. The lowest BCUT2D eigenvalue weighted by Crippen LogP contribution is -2.01. The van der Waals surface area contributed by atoms with Crippen LogP contribution < -0.4 is 0 Å². The van der Waals surface area contributed by atoms with Gasteiger partial charge in [0.15, 0.2) is 0 Å². The molecular formula is C16H27NOS. The highest BCUT2D eigenvalue weighted by Gasteiger charge is 2.05. The summed E-state index contributed by atoms with van der Waals surface area (Å²) in [4.78, 5) is 15.8. The fourth-order valence-electron chi connectivity index (χ4n) is 2.23. The summed E-state index contributed by atoms with van der Waals surface area (Å²) in [7, 11) is 0. The summed E-state index contributed by atoms with van der Waals surface area (Å²) in [5, 5.41) is 2.89. The standard InChI is InChI=1S/C16H27NOS/c1-2-3-4-5-6-7-8-9-10-11-15(18)14-16-17-12-13-19-16/h12-13H,2-11,14H2,1H3. The van der Waals surface area contributed by atoms with Gasteiger partial charge in [0.1, 0.15) is 5.78 Å². The summed E-state index contributed by atoms with van der Waals surface area (Å²) in [6.07, 6.45) is 14.8. The molecule has 0 aliphatic heterocycles. The first-order valence-corrected chi connectivity index (χ1v) is 8.61. The topological polar surface area (TPSA) is 30.0 Å². The van der Waals surface area contributed by atoms with Crippen molar-refractivity contribution in [3.8, 4) is 0 Å². The van der Waals surface area contributed by atoms with Gasteiger partial charge in [-0.3, -0.25) is 4.79 Å². The Hall–Kier alpha value is -0.700. The molecule has 108 valence electrons. The predicted molar refractivity (Wildman–Crippen MR) is 82.7 cm³/mol. The molecule has 2 nitrogen and oxygen atoms in total. The zero-order valence-electron chi connectivity index (χ0n) is 12.2. The first kappa shape index (κ1) is 16.4. The van der Waals surface area contributed by atoms with E-state index in [0.29, 0.717) is 12.2 Å². The molecular weight excluding hydrogens is 254 g/mol. The summed E-state index contributed by atoms with van der Waals surface area (Å²) in [5.74, 6) is 0.345. The largest absolute Gasteiger partial charge is 0.299 e. The fraction of sp³-hybridized carbons (Fsp3) is 0.750. The van der Waals surface area contributed by atoms with Crippen LogP contribution in [-0.4, -0.2) is 10.8 Å².